The van der Waals surface area contributed by atoms with Gasteiger partial charge in [0.15, 0.2) is 0 Å². The molecule has 0 fully saturated rings. The number of thiophene rings is 1. The summed E-state index contributed by atoms with van der Waals surface area (Å²) in [5.41, 5.74) is 3.50. The minimum atomic E-state index is 0.632. The molecule has 0 aliphatic heterocycles. The molecule has 3 rings (SSSR count). The third-order valence-electron chi connectivity index (χ3n) is 3.19. The van der Waals surface area contributed by atoms with Gasteiger partial charge in [-0.15, -0.1) is 11.3 Å². The van der Waals surface area contributed by atoms with Crippen LogP contribution in [0, 0.1) is 13.8 Å². The molecule has 20 heavy (non-hydrogen) atoms. The molecule has 4 nitrogen and oxygen atoms in total. The number of nitrogens with zero attached hydrogens (tertiary/aromatic N) is 2. The largest absolute Gasteiger partial charge is 0.357 e. The highest BCUT2D eigenvalue weighted by atomic mass is 32.1. The SMILES string of the molecule is CNc1nc(Nc2cc(C)ccc2C)c2ccsc2n1. The standard InChI is InChI=1S/C15H16N4S/c1-9-4-5-10(2)12(8-9)17-13-11-6-7-20-14(11)19-15(16-3)18-13/h4-8H,1-3H3,(H2,16,17,18,19). The van der Waals surface area contributed by atoms with Gasteiger partial charge in [-0.1, -0.05) is 12.1 Å². The Morgan fingerprint density at radius 1 is 1.10 bits per heavy atom. The van der Waals surface area contributed by atoms with Crippen molar-refractivity contribution < 1.29 is 0 Å². The van der Waals surface area contributed by atoms with Crippen molar-refractivity contribution in [2.75, 3.05) is 17.7 Å². The molecule has 0 spiro atoms. The normalized spacial score (nSPS) is 10.8. The number of aromatic nitrogens is 2. The molecule has 0 unspecified atom stereocenters. The molecule has 0 atom stereocenters. The Balaban J connectivity index is 2.09. The minimum Gasteiger partial charge on any atom is -0.357 e. The van der Waals surface area contributed by atoms with Crippen molar-refractivity contribution >= 4 is 39.0 Å². The Morgan fingerprint density at radius 3 is 2.75 bits per heavy atom. The highest BCUT2D eigenvalue weighted by molar-refractivity contribution is 7.16. The number of fused-ring (bicyclic) bond motifs is 1. The molecule has 3 aromatic rings. The summed E-state index contributed by atoms with van der Waals surface area (Å²) in [6.07, 6.45) is 0. The van der Waals surface area contributed by atoms with E-state index in [1.165, 1.54) is 11.1 Å². The van der Waals surface area contributed by atoms with Crippen LogP contribution in [0.2, 0.25) is 0 Å². The second-order valence-electron chi connectivity index (χ2n) is 4.73. The first-order valence-corrected chi connectivity index (χ1v) is 7.32. The van der Waals surface area contributed by atoms with Crippen LogP contribution in [0.15, 0.2) is 29.6 Å². The second-order valence-corrected chi connectivity index (χ2v) is 5.62. The maximum Gasteiger partial charge on any atom is 0.225 e. The first-order chi connectivity index (χ1) is 9.67. The molecule has 0 bridgehead atoms. The number of aryl methyl sites for hydroxylation is 2. The van der Waals surface area contributed by atoms with E-state index in [0.29, 0.717) is 5.95 Å². The molecule has 102 valence electrons. The fourth-order valence-corrected chi connectivity index (χ4v) is 2.82. The number of rotatable bonds is 3. The zero-order valence-electron chi connectivity index (χ0n) is 11.7. The summed E-state index contributed by atoms with van der Waals surface area (Å²) in [6, 6.07) is 8.41. The summed E-state index contributed by atoms with van der Waals surface area (Å²) in [6.45, 7) is 4.18. The molecule has 0 aliphatic rings. The van der Waals surface area contributed by atoms with Crippen molar-refractivity contribution in [1.82, 2.24) is 9.97 Å². The van der Waals surface area contributed by atoms with Gasteiger partial charge in [0, 0.05) is 12.7 Å². The van der Waals surface area contributed by atoms with Crippen LogP contribution in [0.5, 0.6) is 0 Å². The Morgan fingerprint density at radius 2 is 1.95 bits per heavy atom. The predicted octanol–water partition coefficient (Wildman–Crippen LogP) is 4.09. The van der Waals surface area contributed by atoms with Gasteiger partial charge in [0.05, 0.1) is 5.39 Å². The quantitative estimate of drug-likeness (QED) is 0.760. The zero-order valence-corrected chi connectivity index (χ0v) is 12.5. The van der Waals surface area contributed by atoms with E-state index in [1.54, 1.807) is 11.3 Å². The lowest BCUT2D eigenvalue weighted by Gasteiger charge is -2.11. The maximum absolute atomic E-state index is 4.53. The minimum absolute atomic E-state index is 0.632. The van der Waals surface area contributed by atoms with Gasteiger partial charge in [-0.2, -0.15) is 4.98 Å². The van der Waals surface area contributed by atoms with Crippen LogP contribution in [0.1, 0.15) is 11.1 Å². The number of benzene rings is 1. The van der Waals surface area contributed by atoms with Crippen LogP contribution in [0.25, 0.3) is 10.2 Å². The van der Waals surface area contributed by atoms with Crippen LogP contribution in [-0.4, -0.2) is 17.0 Å². The highest BCUT2D eigenvalue weighted by Crippen LogP contribution is 2.29. The summed E-state index contributed by atoms with van der Waals surface area (Å²) >= 11 is 1.62. The summed E-state index contributed by atoms with van der Waals surface area (Å²) in [7, 11) is 1.83. The monoisotopic (exact) mass is 284 g/mol. The summed E-state index contributed by atoms with van der Waals surface area (Å²) < 4.78 is 0. The van der Waals surface area contributed by atoms with Gasteiger partial charge in [-0.3, -0.25) is 0 Å². The number of anilines is 3. The van der Waals surface area contributed by atoms with Gasteiger partial charge in [0.25, 0.3) is 0 Å². The van der Waals surface area contributed by atoms with Crippen LogP contribution < -0.4 is 10.6 Å². The van der Waals surface area contributed by atoms with Crippen LogP contribution >= 0.6 is 11.3 Å². The predicted molar refractivity (Wildman–Crippen MR) is 86.2 cm³/mol. The number of hydrogen-bond donors (Lipinski definition) is 2. The van der Waals surface area contributed by atoms with Crippen molar-refractivity contribution in [3.05, 3.63) is 40.8 Å². The lowest BCUT2D eigenvalue weighted by molar-refractivity contribution is 1.20. The summed E-state index contributed by atoms with van der Waals surface area (Å²) in [5.74, 6) is 1.47. The van der Waals surface area contributed by atoms with Crippen molar-refractivity contribution in [1.29, 1.82) is 0 Å². The molecule has 0 amide bonds. The zero-order chi connectivity index (χ0) is 14.1. The van der Waals surface area contributed by atoms with Crippen LogP contribution in [0.3, 0.4) is 0 Å². The first-order valence-electron chi connectivity index (χ1n) is 6.44. The molecule has 5 heteroatoms. The van der Waals surface area contributed by atoms with Gasteiger partial charge in [-0.25, -0.2) is 4.98 Å². The topological polar surface area (TPSA) is 49.8 Å². The lowest BCUT2D eigenvalue weighted by Crippen LogP contribution is -2.01. The Bertz CT molecular complexity index is 764. The molecular weight excluding hydrogens is 268 g/mol. The van der Waals surface area contributed by atoms with Crippen molar-refractivity contribution in [2.45, 2.75) is 13.8 Å². The molecule has 0 aliphatic carbocycles. The molecule has 1 aromatic carbocycles. The van der Waals surface area contributed by atoms with Crippen molar-refractivity contribution in [3.8, 4) is 0 Å². The molecule has 0 radical (unpaired) electrons. The van der Waals surface area contributed by atoms with Crippen molar-refractivity contribution in [3.63, 3.8) is 0 Å². The Labute approximate surface area is 121 Å². The smallest absolute Gasteiger partial charge is 0.225 e. The van der Waals surface area contributed by atoms with Gasteiger partial charge in [0.1, 0.15) is 10.6 Å². The second kappa shape index (κ2) is 5.09. The fraction of sp³-hybridized carbons (Fsp3) is 0.200. The molecular formula is C15H16N4S. The van der Waals surface area contributed by atoms with Crippen LogP contribution in [0.4, 0.5) is 17.5 Å². The Kier molecular flexibility index (Phi) is 3.28. The maximum atomic E-state index is 4.53. The molecule has 0 saturated carbocycles. The van der Waals surface area contributed by atoms with E-state index in [-0.39, 0.29) is 0 Å². The summed E-state index contributed by atoms with van der Waals surface area (Å²) in [4.78, 5) is 9.97. The first kappa shape index (κ1) is 12.9. The van der Waals surface area contributed by atoms with E-state index in [1.807, 2.05) is 18.5 Å². The molecule has 0 saturated heterocycles. The average Bonchev–Trinajstić information content (AvgIpc) is 2.91. The van der Waals surface area contributed by atoms with Gasteiger partial charge >= 0.3 is 0 Å². The number of nitrogens with one attached hydrogen (secondary N) is 2. The lowest BCUT2D eigenvalue weighted by atomic mass is 10.1. The van der Waals surface area contributed by atoms with Gasteiger partial charge in [0.2, 0.25) is 5.95 Å². The third kappa shape index (κ3) is 2.32. The van der Waals surface area contributed by atoms with E-state index >= 15 is 0 Å². The van der Waals surface area contributed by atoms with Crippen molar-refractivity contribution in [2.24, 2.45) is 0 Å². The molecule has 2 heterocycles. The Hall–Kier alpha value is -2.14. The van der Waals surface area contributed by atoms with E-state index in [2.05, 4.69) is 52.6 Å². The molecule has 2 N–H and O–H groups in total. The molecule has 2 aromatic heterocycles. The third-order valence-corrected chi connectivity index (χ3v) is 4.00. The van der Waals surface area contributed by atoms with Gasteiger partial charge < -0.3 is 10.6 Å². The van der Waals surface area contributed by atoms with E-state index in [9.17, 15) is 0 Å². The van der Waals surface area contributed by atoms with E-state index < -0.39 is 0 Å². The average molecular weight is 284 g/mol. The fourth-order valence-electron chi connectivity index (χ4n) is 2.06. The number of hydrogen-bond acceptors (Lipinski definition) is 5. The van der Waals surface area contributed by atoms with E-state index in [4.69, 9.17) is 0 Å². The summed E-state index contributed by atoms with van der Waals surface area (Å²) in [5, 5.41) is 9.52. The van der Waals surface area contributed by atoms with Gasteiger partial charge in [-0.05, 0) is 42.5 Å². The highest BCUT2D eigenvalue weighted by Gasteiger charge is 2.09. The van der Waals surface area contributed by atoms with E-state index in [0.717, 1.165) is 21.7 Å². The van der Waals surface area contributed by atoms with Crippen LogP contribution in [-0.2, 0) is 0 Å².